The third kappa shape index (κ3) is 2.96. The highest BCUT2D eigenvalue weighted by atomic mass is 32.1. The van der Waals surface area contributed by atoms with Crippen molar-refractivity contribution in [2.24, 2.45) is 0 Å². The summed E-state index contributed by atoms with van der Waals surface area (Å²) in [6, 6.07) is 2.48. The van der Waals surface area contributed by atoms with E-state index in [2.05, 4.69) is 44.8 Å². The number of rotatable bonds is 6. The Morgan fingerprint density at radius 3 is 3.06 bits per heavy atom. The van der Waals surface area contributed by atoms with Crippen LogP contribution in [0.5, 0.6) is 0 Å². The predicted octanol–water partition coefficient (Wildman–Crippen LogP) is 2.86. The molecule has 0 aliphatic heterocycles. The molecule has 0 fully saturated rings. The molecule has 92 valence electrons. The van der Waals surface area contributed by atoms with E-state index in [1.165, 1.54) is 5.56 Å². The first-order chi connectivity index (χ1) is 8.35. The predicted molar refractivity (Wildman–Crippen MR) is 72.3 cm³/mol. The molecule has 0 amide bonds. The summed E-state index contributed by atoms with van der Waals surface area (Å²) in [5.41, 5.74) is 1.38. The van der Waals surface area contributed by atoms with Gasteiger partial charge in [0.2, 0.25) is 0 Å². The van der Waals surface area contributed by atoms with Gasteiger partial charge in [0.05, 0.1) is 6.04 Å². The van der Waals surface area contributed by atoms with Crippen LogP contribution in [0.3, 0.4) is 0 Å². The van der Waals surface area contributed by atoms with Crippen molar-refractivity contribution in [2.45, 2.75) is 32.4 Å². The number of nitrogens with zero attached hydrogens (tertiary/aromatic N) is 2. The third-order valence-corrected chi connectivity index (χ3v) is 3.62. The van der Waals surface area contributed by atoms with Gasteiger partial charge >= 0.3 is 0 Å². The number of hydrogen-bond donors (Lipinski definition) is 1. The van der Waals surface area contributed by atoms with Gasteiger partial charge in [-0.3, -0.25) is 0 Å². The van der Waals surface area contributed by atoms with E-state index in [0.717, 1.165) is 25.2 Å². The molecule has 2 aromatic heterocycles. The molecular formula is C13H19N3S. The second kappa shape index (κ2) is 5.98. The van der Waals surface area contributed by atoms with Gasteiger partial charge in [0.1, 0.15) is 5.82 Å². The monoisotopic (exact) mass is 249 g/mol. The lowest BCUT2D eigenvalue weighted by molar-refractivity contribution is 0.513. The van der Waals surface area contributed by atoms with E-state index in [4.69, 9.17) is 0 Å². The lowest BCUT2D eigenvalue weighted by Crippen LogP contribution is -2.22. The fraction of sp³-hybridized carbons (Fsp3) is 0.462. The van der Waals surface area contributed by atoms with Crippen LogP contribution in [0.2, 0.25) is 0 Å². The van der Waals surface area contributed by atoms with E-state index in [9.17, 15) is 0 Å². The number of nitrogens with one attached hydrogen (secondary N) is 1. The van der Waals surface area contributed by atoms with E-state index >= 15 is 0 Å². The lowest BCUT2D eigenvalue weighted by Gasteiger charge is -2.16. The van der Waals surface area contributed by atoms with Gasteiger partial charge in [-0.05, 0) is 42.3 Å². The van der Waals surface area contributed by atoms with E-state index in [1.54, 1.807) is 11.3 Å². The second-order valence-electron chi connectivity index (χ2n) is 4.16. The summed E-state index contributed by atoms with van der Waals surface area (Å²) in [7, 11) is 2.00. The van der Waals surface area contributed by atoms with Crippen molar-refractivity contribution in [2.75, 3.05) is 7.05 Å². The standard InChI is InChI=1S/C13H19N3S/c1-3-6-16-7-5-15-13(16)12(14-2)9-11-4-8-17-10-11/h4-5,7-8,10,12,14H,3,6,9H2,1-2H3. The largest absolute Gasteiger partial charge is 0.334 e. The molecule has 17 heavy (non-hydrogen) atoms. The minimum Gasteiger partial charge on any atom is -0.334 e. The average Bonchev–Trinajstić information content (AvgIpc) is 2.97. The topological polar surface area (TPSA) is 29.9 Å². The lowest BCUT2D eigenvalue weighted by atomic mass is 10.1. The van der Waals surface area contributed by atoms with Crippen molar-refractivity contribution < 1.29 is 0 Å². The van der Waals surface area contributed by atoms with Crippen LogP contribution in [-0.4, -0.2) is 16.6 Å². The molecule has 0 radical (unpaired) electrons. The molecule has 1 N–H and O–H groups in total. The van der Waals surface area contributed by atoms with Crippen LogP contribution in [0.15, 0.2) is 29.2 Å². The van der Waals surface area contributed by atoms with Gasteiger partial charge in [0.15, 0.2) is 0 Å². The molecule has 0 aliphatic carbocycles. The Hall–Kier alpha value is -1.13. The van der Waals surface area contributed by atoms with E-state index in [-0.39, 0.29) is 0 Å². The smallest absolute Gasteiger partial charge is 0.126 e. The molecule has 0 saturated heterocycles. The summed E-state index contributed by atoms with van der Waals surface area (Å²) in [6.45, 7) is 3.23. The van der Waals surface area contributed by atoms with Crippen LogP contribution in [0, 0.1) is 0 Å². The summed E-state index contributed by atoms with van der Waals surface area (Å²) in [4.78, 5) is 4.49. The zero-order chi connectivity index (χ0) is 12.1. The Kier molecular flexibility index (Phi) is 4.34. The van der Waals surface area contributed by atoms with Crippen molar-refractivity contribution in [3.05, 3.63) is 40.6 Å². The SMILES string of the molecule is CCCn1ccnc1C(Cc1ccsc1)NC. The first-order valence-electron chi connectivity index (χ1n) is 6.04. The summed E-state index contributed by atoms with van der Waals surface area (Å²) >= 11 is 1.75. The Balaban J connectivity index is 2.14. The summed E-state index contributed by atoms with van der Waals surface area (Å²) < 4.78 is 2.24. The molecule has 4 heteroatoms. The van der Waals surface area contributed by atoms with E-state index in [1.807, 2.05) is 13.2 Å². The van der Waals surface area contributed by atoms with Gasteiger partial charge < -0.3 is 9.88 Å². The molecular weight excluding hydrogens is 230 g/mol. The Morgan fingerprint density at radius 1 is 1.53 bits per heavy atom. The van der Waals surface area contributed by atoms with Gasteiger partial charge in [0, 0.05) is 18.9 Å². The van der Waals surface area contributed by atoms with Crippen LogP contribution < -0.4 is 5.32 Å². The maximum absolute atomic E-state index is 4.49. The molecule has 0 saturated carbocycles. The average molecular weight is 249 g/mol. The molecule has 1 atom stereocenters. The van der Waals surface area contributed by atoms with Gasteiger partial charge in [-0.25, -0.2) is 4.98 Å². The van der Waals surface area contributed by atoms with Crippen molar-refractivity contribution in [1.82, 2.24) is 14.9 Å². The first kappa shape index (κ1) is 12.3. The molecule has 2 heterocycles. The zero-order valence-corrected chi connectivity index (χ0v) is 11.2. The fourth-order valence-electron chi connectivity index (χ4n) is 2.03. The highest BCUT2D eigenvalue weighted by Gasteiger charge is 2.15. The van der Waals surface area contributed by atoms with Crippen LogP contribution in [0.25, 0.3) is 0 Å². The molecule has 0 bridgehead atoms. The summed E-state index contributed by atoms with van der Waals surface area (Å²) in [6.07, 6.45) is 6.10. The van der Waals surface area contributed by atoms with E-state index in [0.29, 0.717) is 6.04 Å². The fourth-order valence-corrected chi connectivity index (χ4v) is 2.71. The maximum Gasteiger partial charge on any atom is 0.126 e. The Labute approximate surface area is 107 Å². The molecule has 3 nitrogen and oxygen atoms in total. The van der Waals surface area contributed by atoms with Crippen molar-refractivity contribution >= 4 is 11.3 Å². The van der Waals surface area contributed by atoms with Crippen LogP contribution >= 0.6 is 11.3 Å². The molecule has 0 spiro atoms. The number of imidazole rings is 1. The quantitative estimate of drug-likeness (QED) is 0.853. The van der Waals surface area contributed by atoms with E-state index < -0.39 is 0 Å². The normalized spacial score (nSPS) is 12.8. The van der Waals surface area contributed by atoms with Gasteiger partial charge in [0.25, 0.3) is 0 Å². The molecule has 0 aromatic carbocycles. The minimum absolute atomic E-state index is 0.297. The third-order valence-electron chi connectivity index (χ3n) is 2.89. The van der Waals surface area contributed by atoms with Crippen LogP contribution in [0.4, 0.5) is 0 Å². The highest BCUT2D eigenvalue weighted by Crippen LogP contribution is 2.18. The molecule has 2 aromatic rings. The number of aryl methyl sites for hydroxylation is 1. The first-order valence-corrected chi connectivity index (χ1v) is 6.98. The van der Waals surface area contributed by atoms with Crippen molar-refractivity contribution in [3.63, 3.8) is 0 Å². The highest BCUT2D eigenvalue weighted by molar-refractivity contribution is 7.07. The molecule has 1 unspecified atom stereocenters. The van der Waals surface area contributed by atoms with Gasteiger partial charge in [-0.2, -0.15) is 11.3 Å². The number of likely N-dealkylation sites (N-methyl/N-ethyl adjacent to an activating group) is 1. The summed E-state index contributed by atoms with van der Waals surface area (Å²) in [5.74, 6) is 1.14. The maximum atomic E-state index is 4.49. The minimum atomic E-state index is 0.297. The molecule has 2 rings (SSSR count). The van der Waals surface area contributed by atoms with Crippen molar-refractivity contribution in [3.8, 4) is 0 Å². The Morgan fingerprint density at radius 2 is 2.41 bits per heavy atom. The van der Waals surface area contributed by atoms with Crippen LogP contribution in [0.1, 0.15) is 30.8 Å². The zero-order valence-electron chi connectivity index (χ0n) is 10.4. The summed E-state index contributed by atoms with van der Waals surface area (Å²) in [5, 5.41) is 7.69. The Bertz CT molecular complexity index is 433. The van der Waals surface area contributed by atoms with Crippen LogP contribution in [-0.2, 0) is 13.0 Å². The number of thiophene rings is 1. The van der Waals surface area contributed by atoms with Crippen molar-refractivity contribution in [1.29, 1.82) is 0 Å². The number of aromatic nitrogens is 2. The van der Waals surface area contributed by atoms with Gasteiger partial charge in [-0.1, -0.05) is 6.92 Å². The van der Waals surface area contributed by atoms with Gasteiger partial charge in [-0.15, -0.1) is 0 Å². The number of hydrogen-bond acceptors (Lipinski definition) is 3. The molecule has 0 aliphatic rings. The second-order valence-corrected chi connectivity index (χ2v) is 4.94.